The number of rotatable bonds is 1. The Balaban J connectivity index is 0.000001000. The van der Waals surface area contributed by atoms with E-state index in [1.807, 2.05) is 0 Å². The topological polar surface area (TPSA) is 80.4 Å². The maximum absolute atomic E-state index is 10.8. The van der Waals surface area contributed by atoms with E-state index in [9.17, 15) is 8.42 Å². The van der Waals surface area contributed by atoms with Crippen LogP contribution in [0.3, 0.4) is 0 Å². The maximum atomic E-state index is 10.8. The van der Waals surface area contributed by atoms with E-state index in [-0.39, 0.29) is 30.5 Å². The van der Waals surface area contributed by atoms with E-state index < -0.39 is 15.4 Å². The van der Waals surface area contributed by atoms with Crippen LogP contribution in [0.5, 0.6) is 0 Å². The van der Waals surface area contributed by atoms with E-state index in [1.54, 1.807) is 0 Å². The van der Waals surface area contributed by atoms with Crippen molar-refractivity contribution in [3.05, 3.63) is 0 Å². The predicted molar refractivity (Wildman–Crippen MR) is 44.5 cm³/mol. The lowest BCUT2D eigenvalue weighted by Crippen LogP contribution is -2.44. The molecule has 0 aliphatic carbocycles. The van der Waals surface area contributed by atoms with Crippen LogP contribution in [-0.2, 0) is 9.84 Å². The van der Waals surface area contributed by atoms with Crippen molar-refractivity contribution in [1.82, 2.24) is 0 Å². The molecule has 1 unspecified atom stereocenters. The van der Waals surface area contributed by atoms with Crippen LogP contribution in [0, 0.1) is 0 Å². The van der Waals surface area contributed by atoms with Crippen molar-refractivity contribution in [2.45, 2.75) is 12.0 Å². The van der Waals surface area contributed by atoms with Gasteiger partial charge in [0.1, 0.15) is 0 Å². The Bertz CT molecular complexity index is 228. The summed E-state index contributed by atoms with van der Waals surface area (Å²) in [6.07, 6.45) is 0.381. The predicted octanol–water partition coefficient (Wildman–Crippen LogP) is -1.08. The summed E-state index contributed by atoms with van der Waals surface area (Å²) in [5, 5.41) is 8.67. The van der Waals surface area contributed by atoms with Gasteiger partial charge in [0.05, 0.1) is 23.7 Å². The first-order valence-electron chi connectivity index (χ1n) is 3.08. The zero-order valence-corrected chi connectivity index (χ0v) is 7.62. The summed E-state index contributed by atoms with van der Waals surface area (Å²) in [7, 11) is -2.95. The van der Waals surface area contributed by atoms with Gasteiger partial charge in [0.15, 0.2) is 9.84 Å². The van der Waals surface area contributed by atoms with Crippen molar-refractivity contribution >= 4 is 22.2 Å². The van der Waals surface area contributed by atoms with E-state index in [0.29, 0.717) is 6.42 Å². The number of aliphatic hydroxyl groups excluding tert-OH is 1. The van der Waals surface area contributed by atoms with Crippen molar-refractivity contribution in [3.63, 3.8) is 0 Å². The molecule has 1 saturated heterocycles. The molecule has 1 aliphatic heterocycles. The average molecular weight is 202 g/mol. The Hall–Kier alpha value is 0.160. The highest BCUT2D eigenvalue weighted by Crippen LogP contribution is 2.19. The first kappa shape index (κ1) is 11.2. The molecular weight excluding hydrogens is 190 g/mol. The molecule has 0 spiro atoms. The number of halogens is 1. The second-order valence-electron chi connectivity index (χ2n) is 2.86. The van der Waals surface area contributed by atoms with Crippen molar-refractivity contribution in [2.75, 3.05) is 18.1 Å². The lowest BCUT2D eigenvalue weighted by Gasteiger charge is -2.17. The molecule has 0 aromatic carbocycles. The zero-order chi connectivity index (χ0) is 7.83. The van der Waals surface area contributed by atoms with Crippen molar-refractivity contribution in [3.8, 4) is 0 Å². The third kappa shape index (κ3) is 2.59. The van der Waals surface area contributed by atoms with Crippen LogP contribution >= 0.6 is 12.4 Å². The SMILES string of the molecule is Cl.NC1(CO)CCS(=O)(=O)C1. The molecule has 0 radical (unpaired) electrons. The van der Waals surface area contributed by atoms with Gasteiger partial charge in [-0.3, -0.25) is 0 Å². The molecular formula is C5H12ClNO3S. The molecule has 11 heavy (non-hydrogen) atoms. The quantitative estimate of drug-likeness (QED) is 0.566. The molecule has 0 aromatic heterocycles. The fraction of sp³-hybridized carbons (Fsp3) is 1.00. The lowest BCUT2D eigenvalue weighted by molar-refractivity contribution is 0.212. The van der Waals surface area contributed by atoms with Gasteiger partial charge in [-0.1, -0.05) is 0 Å². The monoisotopic (exact) mass is 201 g/mol. The van der Waals surface area contributed by atoms with Gasteiger partial charge in [0, 0.05) is 0 Å². The summed E-state index contributed by atoms with van der Waals surface area (Å²) in [4.78, 5) is 0. The van der Waals surface area contributed by atoms with E-state index in [0.717, 1.165) is 0 Å². The highest BCUT2D eigenvalue weighted by molar-refractivity contribution is 7.91. The molecule has 6 heteroatoms. The molecule has 1 heterocycles. The Kier molecular flexibility index (Phi) is 3.31. The van der Waals surface area contributed by atoms with Crippen molar-refractivity contribution in [2.24, 2.45) is 5.73 Å². The van der Waals surface area contributed by atoms with Crippen LogP contribution in [0.25, 0.3) is 0 Å². The van der Waals surface area contributed by atoms with Gasteiger partial charge in [-0.15, -0.1) is 12.4 Å². The van der Waals surface area contributed by atoms with E-state index >= 15 is 0 Å². The van der Waals surface area contributed by atoms with E-state index in [2.05, 4.69) is 0 Å². The Morgan fingerprint density at radius 1 is 1.55 bits per heavy atom. The Morgan fingerprint density at radius 2 is 2.09 bits per heavy atom. The Morgan fingerprint density at radius 3 is 2.27 bits per heavy atom. The van der Waals surface area contributed by atoms with E-state index in [1.165, 1.54) is 0 Å². The second kappa shape index (κ2) is 3.26. The highest BCUT2D eigenvalue weighted by atomic mass is 35.5. The number of hydrogen-bond acceptors (Lipinski definition) is 4. The largest absolute Gasteiger partial charge is 0.394 e. The van der Waals surface area contributed by atoms with Crippen molar-refractivity contribution < 1.29 is 13.5 Å². The first-order valence-corrected chi connectivity index (χ1v) is 4.90. The van der Waals surface area contributed by atoms with Crippen LogP contribution in [0.1, 0.15) is 6.42 Å². The molecule has 0 aromatic rings. The molecule has 4 nitrogen and oxygen atoms in total. The van der Waals surface area contributed by atoms with Crippen LogP contribution in [0.2, 0.25) is 0 Å². The van der Waals surface area contributed by atoms with Gasteiger partial charge in [-0.2, -0.15) is 0 Å². The summed E-state index contributed by atoms with van der Waals surface area (Å²) in [6, 6.07) is 0. The minimum absolute atomic E-state index is 0. The zero-order valence-electron chi connectivity index (χ0n) is 5.99. The molecule has 1 atom stereocenters. The van der Waals surface area contributed by atoms with Gasteiger partial charge in [-0.05, 0) is 6.42 Å². The van der Waals surface area contributed by atoms with E-state index in [4.69, 9.17) is 10.8 Å². The van der Waals surface area contributed by atoms with Gasteiger partial charge in [0.2, 0.25) is 0 Å². The summed E-state index contributed by atoms with van der Waals surface area (Å²) in [5.41, 5.74) is 4.64. The minimum Gasteiger partial charge on any atom is -0.394 e. The standard InChI is InChI=1S/C5H11NO3S.ClH/c6-5(3-7)1-2-10(8,9)4-5;/h7H,1-4,6H2;1H. The van der Waals surface area contributed by atoms with Gasteiger partial charge in [0.25, 0.3) is 0 Å². The molecule has 1 aliphatic rings. The number of nitrogens with two attached hydrogens (primary N) is 1. The van der Waals surface area contributed by atoms with Crippen LogP contribution in [0.15, 0.2) is 0 Å². The fourth-order valence-corrected chi connectivity index (χ4v) is 3.04. The summed E-state index contributed by atoms with van der Waals surface area (Å²) < 4.78 is 21.6. The molecule has 1 rings (SSSR count). The van der Waals surface area contributed by atoms with Crippen LogP contribution in [-0.4, -0.2) is 37.2 Å². The van der Waals surface area contributed by atoms with Crippen LogP contribution < -0.4 is 5.73 Å². The molecule has 0 saturated carbocycles. The van der Waals surface area contributed by atoms with Gasteiger partial charge < -0.3 is 10.8 Å². The lowest BCUT2D eigenvalue weighted by atomic mass is 10.0. The average Bonchev–Trinajstić information content (AvgIpc) is 2.08. The number of sulfone groups is 1. The fourth-order valence-electron chi connectivity index (χ4n) is 1.07. The molecule has 0 amide bonds. The highest BCUT2D eigenvalue weighted by Gasteiger charge is 2.38. The van der Waals surface area contributed by atoms with Crippen LogP contribution in [0.4, 0.5) is 0 Å². The maximum Gasteiger partial charge on any atom is 0.152 e. The smallest absolute Gasteiger partial charge is 0.152 e. The van der Waals surface area contributed by atoms with Gasteiger partial charge in [-0.25, -0.2) is 8.42 Å². The third-order valence-corrected chi connectivity index (χ3v) is 3.57. The molecule has 3 N–H and O–H groups in total. The second-order valence-corrected chi connectivity index (χ2v) is 5.05. The summed E-state index contributed by atoms with van der Waals surface area (Å²) in [6.45, 7) is -0.244. The molecule has 0 bridgehead atoms. The summed E-state index contributed by atoms with van der Waals surface area (Å²) in [5.74, 6) is 0.0422. The third-order valence-electron chi connectivity index (χ3n) is 1.73. The number of hydrogen-bond donors (Lipinski definition) is 2. The molecule has 68 valence electrons. The first-order chi connectivity index (χ1) is 4.47. The summed E-state index contributed by atoms with van der Waals surface area (Å²) >= 11 is 0. The van der Waals surface area contributed by atoms with Gasteiger partial charge >= 0.3 is 0 Å². The molecule has 1 fully saturated rings. The Labute approximate surface area is 72.1 Å². The normalized spacial score (nSPS) is 34.7. The van der Waals surface area contributed by atoms with Crippen molar-refractivity contribution in [1.29, 1.82) is 0 Å². The minimum atomic E-state index is -2.95. The number of aliphatic hydroxyl groups is 1.